The molecular formula is C18H14ClF4N3OS. The third-order valence-electron chi connectivity index (χ3n) is 3.80. The number of ether oxygens (including phenoxy) is 1. The number of rotatable bonds is 6. The van der Waals surface area contributed by atoms with Crippen LogP contribution < -0.4 is 4.74 Å². The van der Waals surface area contributed by atoms with Crippen molar-refractivity contribution in [2.24, 2.45) is 7.05 Å². The van der Waals surface area contributed by atoms with E-state index in [1.165, 1.54) is 30.0 Å². The summed E-state index contributed by atoms with van der Waals surface area (Å²) in [7, 11) is 1.72. The third-order valence-corrected chi connectivity index (χ3v) is 5.18. The molecule has 10 heteroatoms. The van der Waals surface area contributed by atoms with Crippen molar-refractivity contribution in [1.82, 2.24) is 14.8 Å². The molecule has 0 bridgehead atoms. The minimum Gasteiger partial charge on any atom is -0.484 e. The molecule has 2 aromatic carbocycles. The second-order valence-electron chi connectivity index (χ2n) is 5.81. The lowest BCUT2D eigenvalue weighted by Gasteiger charge is -2.09. The zero-order chi connectivity index (χ0) is 20.3. The molecule has 0 N–H and O–H groups in total. The Labute approximate surface area is 167 Å². The van der Waals surface area contributed by atoms with Crippen molar-refractivity contribution < 1.29 is 22.3 Å². The van der Waals surface area contributed by atoms with Crippen LogP contribution in [0, 0.1) is 5.82 Å². The first-order chi connectivity index (χ1) is 13.2. The molecule has 0 fully saturated rings. The average molecular weight is 432 g/mol. The molecular weight excluding hydrogens is 418 g/mol. The number of thioether (sulfide) groups is 1. The second kappa shape index (κ2) is 8.40. The SMILES string of the molecule is Cn1c(COc2ccc(F)cc2Cl)nnc1SCc1cccc(C(F)(F)F)c1. The first-order valence-corrected chi connectivity index (χ1v) is 9.35. The summed E-state index contributed by atoms with van der Waals surface area (Å²) in [5.41, 5.74) is -0.160. The molecule has 0 spiro atoms. The van der Waals surface area contributed by atoms with Gasteiger partial charge >= 0.3 is 6.18 Å². The lowest BCUT2D eigenvalue weighted by Crippen LogP contribution is -2.05. The molecule has 0 radical (unpaired) electrons. The Morgan fingerprint density at radius 3 is 2.64 bits per heavy atom. The highest BCUT2D eigenvalue weighted by Crippen LogP contribution is 2.31. The minimum atomic E-state index is -4.38. The minimum absolute atomic E-state index is 0.0545. The molecule has 0 aliphatic rings. The molecule has 1 aromatic heterocycles. The lowest BCUT2D eigenvalue weighted by molar-refractivity contribution is -0.137. The third kappa shape index (κ3) is 4.96. The molecule has 28 heavy (non-hydrogen) atoms. The number of hydrogen-bond acceptors (Lipinski definition) is 4. The number of nitrogens with zero attached hydrogens (tertiary/aromatic N) is 3. The van der Waals surface area contributed by atoms with E-state index in [1.54, 1.807) is 17.7 Å². The molecule has 0 amide bonds. The van der Waals surface area contributed by atoms with Gasteiger partial charge < -0.3 is 9.30 Å². The van der Waals surface area contributed by atoms with E-state index in [4.69, 9.17) is 16.3 Å². The number of halogens is 5. The van der Waals surface area contributed by atoms with Gasteiger partial charge in [0.05, 0.1) is 10.6 Å². The summed E-state index contributed by atoms with van der Waals surface area (Å²) in [5.74, 6) is 0.640. The van der Waals surface area contributed by atoms with Gasteiger partial charge in [-0.05, 0) is 29.8 Å². The quantitative estimate of drug-likeness (QED) is 0.382. The van der Waals surface area contributed by atoms with Crippen LogP contribution in [0.15, 0.2) is 47.6 Å². The molecule has 3 aromatic rings. The summed E-state index contributed by atoms with van der Waals surface area (Å²) >= 11 is 7.17. The molecule has 0 saturated heterocycles. The normalized spacial score (nSPS) is 11.6. The van der Waals surface area contributed by atoms with Crippen molar-refractivity contribution in [3.8, 4) is 5.75 Å². The maximum absolute atomic E-state index is 13.1. The Morgan fingerprint density at radius 2 is 1.93 bits per heavy atom. The zero-order valence-corrected chi connectivity index (χ0v) is 16.1. The molecule has 3 rings (SSSR count). The van der Waals surface area contributed by atoms with Gasteiger partial charge in [-0.25, -0.2) is 4.39 Å². The Kier molecular flexibility index (Phi) is 6.14. The van der Waals surface area contributed by atoms with Gasteiger partial charge in [-0.1, -0.05) is 41.6 Å². The van der Waals surface area contributed by atoms with Gasteiger partial charge in [0, 0.05) is 12.8 Å². The topological polar surface area (TPSA) is 39.9 Å². The highest BCUT2D eigenvalue weighted by molar-refractivity contribution is 7.98. The van der Waals surface area contributed by atoms with Crippen LogP contribution in [0.2, 0.25) is 5.02 Å². The molecule has 0 saturated carbocycles. The predicted octanol–water partition coefficient (Wildman–Crippen LogP) is 5.50. The first kappa shape index (κ1) is 20.5. The largest absolute Gasteiger partial charge is 0.484 e. The summed E-state index contributed by atoms with van der Waals surface area (Å²) in [6.07, 6.45) is -4.38. The Balaban J connectivity index is 1.63. The first-order valence-electron chi connectivity index (χ1n) is 7.99. The molecule has 0 aliphatic carbocycles. The van der Waals surface area contributed by atoms with Crippen LogP contribution in [0.1, 0.15) is 17.0 Å². The monoisotopic (exact) mass is 431 g/mol. The van der Waals surface area contributed by atoms with Gasteiger partial charge in [0.25, 0.3) is 0 Å². The van der Waals surface area contributed by atoms with E-state index in [-0.39, 0.29) is 11.6 Å². The fourth-order valence-corrected chi connectivity index (χ4v) is 3.41. The standard InChI is InChI=1S/C18H14ClF4N3OS/c1-26-16(9-27-15-6-5-13(20)8-14(15)19)24-25-17(26)28-10-11-3-2-4-12(7-11)18(21,22)23/h2-8H,9-10H2,1H3. The molecule has 4 nitrogen and oxygen atoms in total. The average Bonchev–Trinajstić information content (AvgIpc) is 2.99. The number of benzene rings is 2. The smallest absolute Gasteiger partial charge is 0.416 e. The fourth-order valence-electron chi connectivity index (χ4n) is 2.32. The summed E-state index contributed by atoms with van der Waals surface area (Å²) in [6.45, 7) is 0.0545. The van der Waals surface area contributed by atoms with Gasteiger partial charge in [0.2, 0.25) is 0 Å². The Morgan fingerprint density at radius 1 is 1.14 bits per heavy atom. The lowest BCUT2D eigenvalue weighted by atomic mass is 10.1. The van der Waals surface area contributed by atoms with Crippen molar-refractivity contribution in [1.29, 1.82) is 0 Å². The number of alkyl halides is 3. The van der Waals surface area contributed by atoms with E-state index >= 15 is 0 Å². The molecule has 1 heterocycles. The van der Waals surface area contributed by atoms with Crippen LogP contribution in [-0.4, -0.2) is 14.8 Å². The fraction of sp³-hybridized carbons (Fsp3) is 0.222. The highest BCUT2D eigenvalue weighted by Gasteiger charge is 2.30. The van der Waals surface area contributed by atoms with Crippen molar-refractivity contribution in [2.45, 2.75) is 23.7 Å². The number of hydrogen-bond donors (Lipinski definition) is 0. The van der Waals surface area contributed by atoms with E-state index in [9.17, 15) is 17.6 Å². The molecule has 0 unspecified atom stereocenters. The highest BCUT2D eigenvalue weighted by atomic mass is 35.5. The number of aromatic nitrogens is 3. The summed E-state index contributed by atoms with van der Waals surface area (Å²) in [5, 5.41) is 8.72. The van der Waals surface area contributed by atoms with E-state index < -0.39 is 17.6 Å². The molecule has 0 aliphatic heterocycles. The maximum atomic E-state index is 13.1. The van der Waals surface area contributed by atoms with Crippen LogP contribution in [-0.2, 0) is 25.6 Å². The van der Waals surface area contributed by atoms with Crippen molar-refractivity contribution in [3.63, 3.8) is 0 Å². The second-order valence-corrected chi connectivity index (χ2v) is 7.16. The van der Waals surface area contributed by atoms with Crippen molar-refractivity contribution in [2.75, 3.05) is 0 Å². The van der Waals surface area contributed by atoms with Crippen LogP contribution in [0.5, 0.6) is 5.75 Å². The predicted molar refractivity (Wildman–Crippen MR) is 97.8 cm³/mol. The van der Waals surface area contributed by atoms with Gasteiger partial charge in [-0.15, -0.1) is 10.2 Å². The summed E-state index contributed by atoms with van der Waals surface area (Å²) < 4.78 is 58.7. The van der Waals surface area contributed by atoms with Crippen LogP contribution in [0.3, 0.4) is 0 Å². The zero-order valence-electron chi connectivity index (χ0n) is 14.5. The van der Waals surface area contributed by atoms with Crippen molar-refractivity contribution in [3.05, 3.63) is 70.3 Å². The molecule has 0 atom stereocenters. The van der Waals surface area contributed by atoms with Crippen LogP contribution in [0.4, 0.5) is 17.6 Å². The van der Waals surface area contributed by atoms with Gasteiger partial charge in [-0.2, -0.15) is 13.2 Å². The van der Waals surface area contributed by atoms with E-state index in [2.05, 4.69) is 10.2 Å². The summed E-state index contributed by atoms with van der Waals surface area (Å²) in [6, 6.07) is 8.94. The van der Waals surface area contributed by atoms with E-state index in [1.807, 2.05) is 0 Å². The van der Waals surface area contributed by atoms with Gasteiger partial charge in [-0.3, -0.25) is 0 Å². The van der Waals surface area contributed by atoms with Crippen LogP contribution in [0.25, 0.3) is 0 Å². The summed E-state index contributed by atoms with van der Waals surface area (Å²) in [4.78, 5) is 0. The Hall–Kier alpha value is -2.26. The molecule has 148 valence electrons. The van der Waals surface area contributed by atoms with Gasteiger partial charge in [0.15, 0.2) is 11.0 Å². The maximum Gasteiger partial charge on any atom is 0.416 e. The van der Waals surface area contributed by atoms with E-state index in [0.29, 0.717) is 28.0 Å². The van der Waals surface area contributed by atoms with Crippen molar-refractivity contribution >= 4 is 23.4 Å². The Bertz CT molecular complexity index is 978. The van der Waals surface area contributed by atoms with E-state index in [0.717, 1.165) is 18.2 Å². The van der Waals surface area contributed by atoms with Gasteiger partial charge in [0.1, 0.15) is 18.2 Å². The van der Waals surface area contributed by atoms with Crippen LogP contribution >= 0.6 is 23.4 Å².